The van der Waals surface area contributed by atoms with Crippen molar-refractivity contribution in [3.05, 3.63) is 47.0 Å². The van der Waals surface area contributed by atoms with Gasteiger partial charge in [0, 0.05) is 6.54 Å². The van der Waals surface area contributed by atoms with Gasteiger partial charge >= 0.3 is 6.61 Å². The van der Waals surface area contributed by atoms with Crippen molar-refractivity contribution in [2.75, 3.05) is 6.61 Å². The molecule has 0 aliphatic heterocycles. The quantitative estimate of drug-likeness (QED) is 0.557. The Labute approximate surface area is 145 Å². The molecule has 1 aromatic rings. The van der Waals surface area contributed by atoms with Crippen LogP contribution >= 0.6 is 0 Å². The number of nitrogens with one attached hydrogen (secondary N) is 1. The molecule has 0 spiro atoms. The maximum Gasteiger partial charge on any atom is 0.345 e. The summed E-state index contributed by atoms with van der Waals surface area (Å²) in [5, 5.41) is 33.0. The zero-order chi connectivity index (χ0) is 18.6. The van der Waals surface area contributed by atoms with Gasteiger partial charge < -0.3 is 25.4 Å². The third kappa shape index (κ3) is 5.29. The van der Waals surface area contributed by atoms with Crippen molar-refractivity contribution in [2.24, 2.45) is 0 Å². The molecule has 0 aromatic heterocycles. The van der Waals surface area contributed by atoms with Gasteiger partial charge in [0.25, 0.3) is 0 Å². The fourth-order valence-electron chi connectivity index (χ4n) is 2.77. The summed E-state index contributed by atoms with van der Waals surface area (Å²) in [6.07, 6.45) is -2.72. The first-order valence-electron chi connectivity index (χ1n) is 8.26. The van der Waals surface area contributed by atoms with Crippen molar-refractivity contribution in [2.45, 2.75) is 57.3 Å². The summed E-state index contributed by atoms with van der Waals surface area (Å²) in [6, 6.07) is 7.30. The zero-order valence-electron chi connectivity index (χ0n) is 14.3. The fraction of sp³-hybridized carbons (Fsp3) is 0.556. The van der Waals surface area contributed by atoms with E-state index in [4.69, 9.17) is 0 Å². The average molecular weight is 357 g/mol. The number of rotatable bonds is 7. The summed E-state index contributed by atoms with van der Waals surface area (Å²) in [5.74, 6) is 0.430. The molecule has 0 unspecified atom stereocenters. The molecule has 4 atom stereocenters. The third-order valence-electron chi connectivity index (χ3n) is 4.38. The van der Waals surface area contributed by atoms with Crippen LogP contribution in [0.5, 0.6) is 0 Å². The Morgan fingerprint density at radius 2 is 1.72 bits per heavy atom. The van der Waals surface area contributed by atoms with E-state index in [0.29, 0.717) is 12.5 Å². The number of alkyl halides is 2. The Morgan fingerprint density at radius 1 is 1.08 bits per heavy atom. The Balaban J connectivity index is 2.02. The smallest absolute Gasteiger partial charge is 0.345 e. The van der Waals surface area contributed by atoms with E-state index in [-0.39, 0.29) is 5.57 Å². The molecule has 2 rings (SSSR count). The van der Waals surface area contributed by atoms with Crippen molar-refractivity contribution in [1.82, 2.24) is 5.32 Å². The van der Waals surface area contributed by atoms with Gasteiger partial charge in [-0.05, 0) is 22.6 Å². The first-order chi connectivity index (χ1) is 11.8. The van der Waals surface area contributed by atoms with Crippen LogP contribution in [0.15, 0.2) is 35.9 Å². The van der Waals surface area contributed by atoms with Crippen molar-refractivity contribution in [3.63, 3.8) is 0 Å². The summed E-state index contributed by atoms with van der Waals surface area (Å²) in [5.41, 5.74) is 2.31. The lowest BCUT2D eigenvalue weighted by molar-refractivity contribution is -0.129. The van der Waals surface area contributed by atoms with E-state index >= 15 is 0 Å². The van der Waals surface area contributed by atoms with E-state index < -0.39 is 37.6 Å². The molecular formula is C18H25F2NO4. The van der Waals surface area contributed by atoms with Crippen LogP contribution in [0, 0.1) is 0 Å². The van der Waals surface area contributed by atoms with Gasteiger partial charge in [-0.2, -0.15) is 8.78 Å². The summed E-state index contributed by atoms with van der Waals surface area (Å²) in [7, 11) is 0. The standard InChI is InChI=1S/C18H25F2NO4/c1-10(2)12-5-3-11(4-6-12)8-21-14-7-13(9-25-18(19)20)15(22)17(24)16(14)23/h3-7,10,14-18,21-24H,8-9H2,1-2H3/t14-,15+,16+,17+/m1/s1. The lowest BCUT2D eigenvalue weighted by atomic mass is 9.88. The summed E-state index contributed by atoms with van der Waals surface area (Å²) in [6.45, 7) is 1.15. The highest BCUT2D eigenvalue weighted by Gasteiger charge is 2.37. The normalized spacial score (nSPS) is 27.0. The number of hydrogen-bond donors (Lipinski definition) is 4. The molecule has 0 saturated heterocycles. The minimum absolute atomic E-state index is 0.116. The van der Waals surface area contributed by atoms with Gasteiger partial charge in [-0.3, -0.25) is 0 Å². The molecule has 25 heavy (non-hydrogen) atoms. The predicted octanol–water partition coefficient (Wildman–Crippen LogP) is 1.53. The van der Waals surface area contributed by atoms with Crippen LogP contribution in [0.4, 0.5) is 8.78 Å². The lowest BCUT2D eigenvalue weighted by Crippen LogP contribution is -2.54. The van der Waals surface area contributed by atoms with E-state index in [1.165, 1.54) is 11.6 Å². The molecule has 0 heterocycles. The van der Waals surface area contributed by atoms with E-state index in [1.807, 2.05) is 24.3 Å². The number of hydrogen-bond acceptors (Lipinski definition) is 5. The number of aliphatic hydroxyl groups is 3. The summed E-state index contributed by atoms with van der Waals surface area (Å²) < 4.78 is 28.6. The molecule has 5 nitrogen and oxygen atoms in total. The van der Waals surface area contributed by atoms with Crippen molar-refractivity contribution >= 4 is 0 Å². The zero-order valence-corrected chi connectivity index (χ0v) is 14.3. The maximum absolute atomic E-state index is 12.2. The molecule has 4 N–H and O–H groups in total. The van der Waals surface area contributed by atoms with Gasteiger partial charge in [0.05, 0.1) is 12.6 Å². The molecule has 0 bridgehead atoms. The molecule has 0 amide bonds. The minimum Gasteiger partial charge on any atom is -0.388 e. The summed E-state index contributed by atoms with van der Waals surface area (Å²) in [4.78, 5) is 0. The molecule has 0 saturated carbocycles. The van der Waals surface area contributed by atoms with Gasteiger partial charge in [-0.15, -0.1) is 0 Å². The lowest BCUT2D eigenvalue weighted by Gasteiger charge is -2.35. The first kappa shape index (κ1) is 19.9. The van der Waals surface area contributed by atoms with Crippen LogP contribution in [0.25, 0.3) is 0 Å². The van der Waals surface area contributed by atoms with Crippen LogP contribution in [-0.2, 0) is 11.3 Å². The molecule has 1 aromatic carbocycles. The highest BCUT2D eigenvalue weighted by Crippen LogP contribution is 2.22. The molecule has 1 aliphatic carbocycles. The SMILES string of the molecule is CC(C)c1ccc(CN[C@@H]2C=C(COC(F)F)[C@H](O)[C@H](O)[C@H]2O)cc1. The Morgan fingerprint density at radius 3 is 2.28 bits per heavy atom. The van der Waals surface area contributed by atoms with Crippen LogP contribution in [0.2, 0.25) is 0 Å². The first-order valence-corrected chi connectivity index (χ1v) is 8.26. The van der Waals surface area contributed by atoms with Gasteiger partial charge in [-0.25, -0.2) is 0 Å². The van der Waals surface area contributed by atoms with Gasteiger partial charge in [0.1, 0.15) is 18.3 Å². The van der Waals surface area contributed by atoms with Crippen LogP contribution in [0.3, 0.4) is 0 Å². The molecule has 1 aliphatic rings. The number of ether oxygens (including phenoxy) is 1. The maximum atomic E-state index is 12.2. The van der Waals surface area contributed by atoms with Crippen LogP contribution < -0.4 is 5.32 Å². The third-order valence-corrected chi connectivity index (χ3v) is 4.38. The number of halogens is 2. The average Bonchev–Trinajstić information content (AvgIpc) is 2.58. The Hall–Kier alpha value is -1.38. The van der Waals surface area contributed by atoms with Crippen molar-refractivity contribution in [1.29, 1.82) is 0 Å². The summed E-state index contributed by atoms with van der Waals surface area (Å²) >= 11 is 0. The van der Waals surface area contributed by atoms with Crippen molar-refractivity contribution in [3.8, 4) is 0 Å². The highest BCUT2D eigenvalue weighted by atomic mass is 19.3. The van der Waals surface area contributed by atoms with E-state index in [0.717, 1.165) is 5.56 Å². The number of aliphatic hydroxyl groups excluding tert-OH is 3. The number of benzene rings is 1. The fourth-order valence-corrected chi connectivity index (χ4v) is 2.77. The predicted molar refractivity (Wildman–Crippen MR) is 89.2 cm³/mol. The Bertz CT molecular complexity index is 577. The molecule has 0 fully saturated rings. The largest absolute Gasteiger partial charge is 0.388 e. The second kappa shape index (κ2) is 8.82. The second-order valence-electron chi connectivity index (χ2n) is 6.54. The second-order valence-corrected chi connectivity index (χ2v) is 6.54. The minimum atomic E-state index is -2.97. The molecular weight excluding hydrogens is 332 g/mol. The van der Waals surface area contributed by atoms with Gasteiger partial charge in [0.15, 0.2) is 0 Å². The van der Waals surface area contributed by atoms with E-state index in [9.17, 15) is 24.1 Å². The Kier molecular flexibility index (Phi) is 7.04. The topological polar surface area (TPSA) is 82.0 Å². The van der Waals surface area contributed by atoms with Gasteiger partial charge in [-0.1, -0.05) is 44.2 Å². The highest BCUT2D eigenvalue weighted by molar-refractivity contribution is 5.26. The van der Waals surface area contributed by atoms with Crippen LogP contribution in [0.1, 0.15) is 30.9 Å². The van der Waals surface area contributed by atoms with Gasteiger partial charge in [0.2, 0.25) is 0 Å². The monoisotopic (exact) mass is 357 g/mol. The molecule has 140 valence electrons. The van der Waals surface area contributed by atoms with E-state index in [2.05, 4.69) is 23.9 Å². The molecule has 0 radical (unpaired) electrons. The van der Waals surface area contributed by atoms with Crippen LogP contribution in [-0.4, -0.2) is 52.9 Å². The molecule has 7 heteroatoms. The van der Waals surface area contributed by atoms with Crippen molar-refractivity contribution < 1.29 is 28.8 Å². The van der Waals surface area contributed by atoms with E-state index in [1.54, 1.807) is 0 Å².